The van der Waals surface area contributed by atoms with E-state index in [1.165, 1.54) is 0 Å². The minimum atomic E-state index is -0.826. The summed E-state index contributed by atoms with van der Waals surface area (Å²) in [5, 5.41) is 9.37. The number of aliphatic carboxylic acids is 1. The summed E-state index contributed by atoms with van der Waals surface area (Å²) in [4.78, 5) is 25.7. The second-order valence-electron chi connectivity index (χ2n) is 7.84. The van der Waals surface area contributed by atoms with Gasteiger partial charge in [-0.25, -0.2) is 4.79 Å². The molecule has 0 aliphatic carbocycles. The summed E-state index contributed by atoms with van der Waals surface area (Å²) >= 11 is 0. The average molecular weight is 313 g/mol. The molecule has 0 unspecified atom stereocenters. The summed E-state index contributed by atoms with van der Waals surface area (Å²) in [6.07, 6.45) is 2.68. The van der Waals surface area contributed by atoms with Crippen LogP contribution in [0, 0.1) is 11.8 Å². The second-order valence-corrected chi connectivity index (χ2v) is 7.84. The quantitative estimate of drug-likeness (QED) is 0.835. The van der Waals surface area contributed by atoms with Crippen molar-refractivity contribution in [1.82, 2.24) is 4.90 Å². The van der Waals surface area contributed by atoms with Crippen LogP contribution in [0.25, 0.3) is 0 Å². The van der Waals surface area contributed by atoms with Crippen LogP contribution in [0.1, 0.15) is 67.2 Å². The van der Waals surface area contributed by atoms with Crippen LogP contribution in [0.2, 0.25) is 0 Å². The Hall–Kier alpha value is -1.26. The van der Waals surface area contributed by atoms with Crippen molar-refractivity contribution in [3.63, 3.8) is 0 Å². The minimum Gasteiger partial charge on any atom is -0.481 e. The highest BCUT2D eigenvalue weighted by Crippen LogP contribution is 2.41. The van der Waals surface area contributed by atoms with Crippen LogP contribution in [0.4, 0.5) is 4.79 Å². The number of carbonyl (C=O) groups is 2. The molecule has 1 amide bonds. The molecule has 0 aromatic rings. The maximum absolute atomic E-state index is 12.6. The number of carbonyl (C=O) groups excluding carboxylic acids is 1. The number of carboxylic acid groups (broad SMARTS) is 1. The maximum atomic E-state index is 12.6. The van der Waals surface area contributed by atoms with Gasteiger partial charge in [0.25, 0.3) is 0 Å². The fraction of sp³-hybridized carbons (Fsp3) is 0.882. The van der Waals surface area contributed by atoms with Gasteiger partial charge in [0.05, 0.1) is 5.92 Å². The molecule has 1 heterocycles. The van der Waals surface area contributed by atoms with E-state index >= 15 is 0 Å². The monoisotopic (exact) mass is 313 g/mol. The molecular weight excluding hydrogens is 282 g/mol. The van der Waals surface area contributed by atoms with Gasteiger partial charge in [-0.05, 0) is 52.4 Å². The molecule has 0 aromatic heterocycles. The summed E-state index contributed by atoms with van der Waals surface area (Å²) in [7, 11) is 0. The Bertz CT molecular complexity index is 413. The predicted molar refractivity (Wildman–Crippen MR) is 85.8 cm³/mol. The van der Waals surface area contributed by atoms with Crippen LogP contribution in [0.15, 0.2) is 0 Å². The fourth-order valence-electron chi connectivity index (χ4n) is 3.10. The van der Waals surface area contributed by atoms with E-state index in [9.17, 15) is 14.7 Å². The van der Waals surface area contributed by atoms with Crippen LogP contribution in [0.3, 0.4) is 0 Å². The molecule has 1 fully saturated rings. The van der Waals surface area contributed by atoms with E-state index in [0.717, 1.165) is 19.3 Å². The van der Waals surface area contributed by atoms with Crippen LogP contribution >= 0.6 is 0 Å². The first kappa shape index (κ1) is 18.8. The lowest BCUT2D eigenvalue weighted by Crippen LogP contribution is -2.49. The molecule has 1 aliphatic rings. The Balaban J connectivity index is 3.01. The van der Waals surface area contributed by atoms with E-state index in [4.69, 9.17) is 4.74 Å². The number of rotatable bonds is 5. The van der Waals surface area contributed by atoms with Gasteiger partial charge in [0.15, 0.2) is 0 Å². The van der Waals surface area contributed by atoms with Gasteiger partial charge < -0.3 is 14.7 Å². The van der Waals surface area contributed by atoms with Crippen molar-refractivity contribution in [1.29, 1.82) is 0 Å². The first-order chi connectivity index (χ1) is 10.0. The largest absolute Gasteiger partial charge is 0.481 e. The standard InChI is InChI=1S/C17H31NO4/c1-7-17(9-8-12(2)3)10-13(14(19)20)11-18(17)15(21)22-16(4,5)6/h12-13H,7-11H2,1-6H3,(H,19,20)/t13-,17-/m0/s1. The molecule has 5 heteroatoms. The highest BCUT2D eigenvalue weighted by molar-refractivity contribution is 5.75. The molecule has 5 nitrogen and oxygen atoms in total. The summed E-state index contributed by atoms with van der Waals surface area (Å²) < 4.78 is 5.51. The van der Waals surface area contributed by atoms with Gasteiger partial charge in [-0.15, -0.1) is 0 Å². The summed E-state index contributed by atoms with van der Waals surface area (Å²) in [6, 6.07) is 0. The molecule has 0 aromatic carbocycles. The Morgan fingerprint density at radius 2 is 1.95 bits per heavy atom. The van der Waals surface area contributed by atoms with Crippen LogP contribution < -0.4 is 0 Å². The van der Waals surface area contributed by atoms with Gasteiger partial charge in [0, 0.05) is 12.1 Å². The molecule has 0 spiro atoms. The molecule has 1 aliphatic heterocycles. The zero-order valence-electron chi connectivity index (χ0n) is 14.8. The van der Waals surface area contributed by atoms with Gasteiger partial charge in [-0.2, -0.15) is 0 Å². The van der Waals surface area contributed by atoms with Crippen LogP contribution in [-0.2, 0) is 9.53 Å². The lowest BCUT2D eigenvalue weighted by Gasteiger charge is -2.39. The molecule has 128 valence electrons. The van der Waals surface area contributed by atoms with Gasteiger partial charge in [-0.3, -0.25) is 4.79 Å². The van der Waals surface area contributed by atoms with E-state index in [-0.39, 0.29) is 12.6 Å². The Morgan fingerprint density at radius 3 is 2.36 bits per heavy atom. The molecule has 0 radical (unpaired) electrons. The van der Waals surface area contributed by atoms with Crippen LogP contribution in [0.5, 0.6) is 0 Å². The summed E-state index contributed by atoms with van der Waals surface area (Å²) in [5.74, 6) is -0.805. The highest BCUT2D eigenvalue weighted by Gasteiger charge is 2.49. The van der Waals surface area contributed by atoms with E-state index in [2.05, 4.69) is 13.8 Å². The second kappa shape index (κ2) is 6.88. The third-order valence-corrected chi connectivity index (χ3v) is 4.41. The molecule has 1 N–H and O–H groups in total. The molecule has 22 heavy (non-hydrogen) atoms. The van der Waals surface area contributed by atoms with Crippen molar-refractivity contribution in [3.05, 3.63) is 0 Å². The molecule has 0 saturated carbocycles. The predicted octanol–water partition coefficient (Wildman–Crippen LogP) is 3.91. The summed E-state index contributed by atoms with van der Waals surface area (Å²) in [5.41, 5.74) is -0.967. The van der Waals surface area contributed by atoms with Gasteiger partial charge in [-0.1, -0.05) is 20.8 Å². The molecule has 1 rings (SSSR count). The lowest BCUT2D eigenvalue weighted by molar-refractivity contribution is -0.141. The third kappa shape index (κ3) is 4.62. The molecule has 1 saturated heterocycles. The minimum absolute atomic E-state index is 0.246. The number of likely N-dealkylation sites (tertiary alicyclic amines) is 1. The number of hydrogen-bond donors (Lipinski definition) is 1. The topological polar surface area (TPSA) is 66.8 Å². The van der Waals surface area contributed by atoms with Gasteiger partial charge >= 0.3 is 12.1 Å². The number of ether oxygens (including phenoxy) is 1. The number of carboxylic acids is 1. The SMILES string of the molecule is CC[C@]1(CCC(C)C)C[C@H](C(=O)O)CN1C(=O)OC(C)(C)C. The first-order valence-corrected chi connectivity index (χ1v) is 8.24. The molecule has 2 atom stereocenters. The number of amides is 1. The zero-order chi connectivity index (χ0) is 17.1. The number of nitrogens with zero attached hydrogens (tertiary/aromatic N) is 1. The van der Waals surface area contributed by atoms with E-state index in [1.807, 2.05) is 27.7 Å². The van der Waals surface area contributed by atoms with E-state index < -0.39 is 23.0 Å². The van der Waals surface area contributed by atoms with Gasteiger partial charge in [0.1, 0.15) is 5.60 Å². The maximum Gasteiger partial charge on any atom is 0.410 e. The van der Waals surface area contributed by atoms with E-state index in [0.29, 0.717) is 12.3 Å². The van der Waals surface area contributed by atoms with Gasteiger partial charge in [0.2, 0.25) is 0 Å². The normalized spacial score (nSPS) is 25.6. The first-order valence-electron chi connectivity index (χ1n) is 8.24. The number of hydrogen-bond acceptors (Lipinski definition) is 3. The Morgan fingerprint density at radius 1 is 1.36 bits per heavy atom. The average Bonchev–Trinajstić information content (AvgIpc) is 2.75. The fourth-order valence-corrected chi connectivity index (χ4v) is 3.10. The van der Waals surface area contributed by atoms with E-state index in [1.54, 1.807) is 4.90 Å². The highest BCUT2D eigenvalue weighted by atomic mass is 16.6. The Labute approximate surface area is 134 Å². The third-order valence-electron chi connectivity index (χ3n) is 4.41. The zero-order valence-corrected chi connectivity index (χ0v) is 14.8. The van der Waals surface area contributed by atoms with Crippen molar-refractivity contribution in [2.45, 2.75) is 78.4 Å². The molecule has 0 bridgehead atoms. The van der Waals surface area contributed by atoms with Crippen molar-refractivity contribution in [2.24, 2.45) is 11.8 Å². The smallest absolute Gasteiger partial charge is 0.410 e. The Kier molecular flexibility index (Phi) is 5.88. The van der Waals surface area contributed by atoms with Crippen molar-refractivity contribution < 1.29 is 19.4 Å². The molecular formula is C17H31NO4. The van der Waals surface area contributed by atoms with Crippen molar-refractivity contribution in [2.75, 3.05) is 6.54 Å². The van der Waals surface area contributed by atoms with Crippen LogP contribution in [-0.4, -0.2) is 39.8 Å². The lowest BCUT2D eigenvalue weighted by atomic mass is 9.83. The summed E-state index contributed by atoms with van der Waals surface area (Å²) in [6.45, 7) is 12.1. The van der Waals surface area contributed by atoms with Crippen molar-refractivity contribution >= 4 is 12.1 Å². The van der Waals surface area contributed by atoms with Crippen molar-refractivity contribution in [3.8, 4) is 0 Å².